The Kier molecular flexibility index (Phi) is 6.29. The van der Waals surface area contributed by atoms with Crippen molar-refractivity contribution in [3.8, 4) is 28.4 Å². The molecule has 0 bridgehead atoms. The van der Waals surface area contributed by atoms with Gasteiger partial charge in [0.25, 0.3) is 0 Å². The summed E-state index contributed by atoms with van der Waals surface area (Å²) < 4.78 is 29.1. The normalized spacial score (nSPS) is 10.8. The van der Waals surface area contributed by atoms with Crippen LogP contribution in [0.3, 0.4) is 0 Å². The van der Waals surface area contributed by atoms with Crippen LogP contribution in [-0.4, -0.2) is 27.1 Å². The Balaban J connectivity index is 1.93. The van der Waals surface area contributed by atoms with Gasteiger partial charge in [-0.2, -0.15) is 0 Å². The second-order valence-electron chi connectivity index (χ2n) is 6.21. The third kappa shape index (κ3) is 4.46. The van der Waals surface area contributed by atoms with Crippen molar-refractivity contribution in [2.24, 2.45) is 0 Å². The number of rotatable bonds is 7. The summed E-state index contributed by atoms with van der Waals surface area (Å²) in [5.74, 6) is 0.750. The molecule has 0 aliphatic heterocycles. The Labute approximate surface area is 169 Å². The van der Waals surface area contributed by atoms with Gasteiger partial charge in [-0.3, -0.25) is 4.79 Å². The molecular weight excluding hydrogens is 371 g/mol. The van der Waals surface area contributed by atoms with Crippen molar-refractivity contribution < 1.29 is 23.4 Å². The molecule has 0 radical (unpaired) electrons. The average Bonchev–Trinajstić information content (AvgIpc) is 2.77. The van der Waals surface area contributed by atoms with Crippen LogP contribution in [-0.2, 0) is 0 Å². The van der Waals surface area contributed by atoms with Crippen molar-refractivity contribution >= 4 is 11.9 Å². The van der Waals surface area contributed by atoms with E-state index in [2.05, 4.69) is 0 Å². The molecule has 0 heterocycles. The van der Waals surface area contributed by atoms with Crippen LogP contribution >= 0.6 is 0 Å². The molecule has 0 atom stereocenters. The first kappa shape index (κ1) is 20.1. The van der Waals surface area contributed by atoms with E-state index in [1.807, 2.05) is 24.3 Å². The highest BCUT2D eigenvalue weighted by molar-refractivity contribution is 6.08. The fourth-order valence-corrected chi connectivity index (χ4v) is 3.02. The van der Waals surface area contributed by atoms with Gasteiger partial charge in [-0.25, -0.2) is 4.39 Å². The predicted molar refractivity (Wildman–Crippen MR) is 111 cm³/mol. The molecule has 5 heteroatoms. The monoisotopic (exact) mass is 392 g/mol. The van der Waals surface area contributed by atoms with E-state index in [4.69, 9.17) is 14.2 Å². The SMILES string of the molecule is COc1cc(C(=O)/C=C/c2ccccc2-c2ccc(F)cc2)cc(OC)c1OC. The van der Waals surface area contributed by atoms with Gasteiger partial charge in [0.05, 0.1) is 21.3 Å². The van der Waals surface area contributed by atoms with E-state index in [0.717, 1.165) is 16.7 Å². The van der Waals surface area contributed by atoms with Crippen LogP contribution in [0.25, 0.3) is 17.2 Å². The first-order chi connectivity index (χ1) is 14.1. The zero-order chi connectivity index (χ0) is 20.8. The summed E-state index contributed by atoms with van der Waals surface area (Å²) in [7, 11) is 4.51. The van der Waals surface area contributed by atoms with E-state index < -0.39 is 0 Å². The van der Waals surface area contributed by atoms with Gasteiger partial charge in [0, 0.05) is 5.56 Å². The Hall–Kier alpha value is -3.60. The van der Waals surface area contributed by atoms with Crippen molar-refractivity contribution in [3.63, 3.8) is 0 Å². The second-order valence-corrected chi connectivity index (χ2v) is 6.21. The topological polar surface area (TPSA) is 44.8 Å². The highest BCUT2D eigenvalue weighted by Gasteiger charge is 2.16. The number of allylic oxidation sites excluding steroid dienone is 1. The molecule has 0 aromatic heterocycles. The van der Waals surface area contributed by atoms with E-state index in [1.54, 1.807) is 30.3 Å². The molecular formula is C24H21FO4. The lowest BCUT2D eigenvalue weighted by Gasteiger charge is -2.13. The summed E-state index contributed by atoms with van der Waals surface area (Å²) in [5, 5.41) is 0. The molecule has 0 aliphatic carbocycles. The Bertz CT molecular complexity index is 1010. The molecule has 3 aromatic rings. The summed E-state index contributed by atoms with van der Waals surface area (Å²) in [6, 6.07) is 17.1. The maximum atomic E-state index is 13.2. The molecule has 3 rings (SSSR count). The number of ether oxygens (including phenoxy) is 3. The third-order valence-corrected chi connectivity index (χ3v) is 4.48. The first-order valence-corrected chi connectivity index (χ1v) is 8.94. The van der Waals surface area contributed by atoms with Gasteiger partial charge in [0.1, 0.15) is 5.82 Å². The number of hydrogen-bond donors (Lipinski definition) is 0. The minimum atomic E-state index is -0.292. The van der Waals surface area contributed by atoms with Gasteiger partial charge in [0.2, 0.25) is 5.75 Å². The van der Waals surface area contributed by atoms with Crippen molar-refractivity contribution in [1.29, 1.82) is 0 Å². The number of methoxy groups -OCH3 is 3. The molecule has 0 saturated heterocycles. The van der Waals surface area contributed by atoms with Gasteiger partial charge in [-0.1, -0.05) is 42.5 Å². The van der Waals surface area contributed by atoms with Gasteiger partial charge in [-0.05, 0) is 47.0 Å². The molecule has 0 saturated carbocycles. The summed E-state index contributed by atoms with van der Waals surface area (Å²) >= 11 is 0. The van der Waals surface area contributed by atoms with Crippen molar-refractivity contribution in [3.05, 3.63) is 83.7 Å². The summed E-state index contributed by atoms with van der Waals surface area (Å²) in [6.07, 6.45) is 3.23. The maximum absolute atomic E-state index is 13.2. The largest absolute Gasteiger partial charge is 0.493 e. The van der Waals surface area contributed by atoms with Crippen molar-refractivity contribution in [2.75, 3.05) is 21.3 Å². The zero-order valence-electron chi connectivity index (χ0n) is 16.4. The van der Waals surface area contributed by atoms with Gasteiger partial charge < -0.3 is 14.2 Å². The van der Waals surface area contributed by atoms with Crippen LogP contribution in [0, 0.1) is 5.82 Å². The Morgan fingerprint density at radius 3 is 2.07 bits per heavy atom. The minimum Gasteiger partial charge on any atom is -0.493 e. The molecule has 3 aromatic carbocycles. The number of ketones is 1. The van der Waals surface area contributed by atoms with Gasteiger partial charge >= 0.3 is 0 Å². The third-order valence-electron chi connectivity index (χ3n) is 4.48. The molecule has 0 fully saturated rings. The maximum Gasteiger partial charge on any atom is 0.203 e. The Morgan fingerprint density at radius 1 is 0.862 bits per heavy atom. The lowest BCUT2D eigenvalue weighted by atomic mass is 9.98. The number of carbonyl (C=O) groups excluding carboxylic acids is 1. The van der Waals surface area contributed by atoms with Crippen molar-refractivity contribution in [2.45, 2.75) is 0 Å². The average molecular weight is 392 g/mol. The lowest BCUT2D eigenvalue weighted by molar-refractivity contribution is 0.104. The fourth-order valence-electron chi connectivity index (χ4n) is 3.02. The number of benzene rings is 3. The van der Waals surface area contributed by atoms with Crippen LogP contribution in [0.4, 0.5) is 4.39 Å². The highest BCUT2D eigenvalue weighted by Crippen LogP contribution is 2.38. The van der Waals surface area contributed by atoms with Crippen molar-refractivity contribution in [1.82, 2.24) is 0 Å². The van der Waals surface area contributed by atoms with Gasteiger partial charge in [-0.15, -0.1) is 0 Å². The summed E-state index contributed by atoms with van der Waals surface area (Å²) in [4.78, 5) is 12.8. The lowest BCUT2D eigenvalue weighted by Crippen LogP contribution is -2.00. The fraction of sp³-hybridized carbons (Fsp3) is 0.125. The van der Waals surface area contributed by atoms with E-state index in [1.165, 1.54) is 39.5 Å². The van der Waals surface area contributed by atoms with Crippen LogP contribution in [0.2, 0.25) is 0 Å². The van der Waals surface area contributed by atoms with E-state index in [9.17, 15) is 9.18 Å². The molecule has 0 N–H and O–H groups in total. The smallest absolute Gasteiger partial charge is 0.203 e. The number of hydrogen-bond acceptors (Lipinski definition) is 4. The second kappa shape index (κ2) is 9.06. The highest BCUT2D eigenvalue weighted by atomic mass is 19.1. The van der Waals surface area contributed by atoms with E-state index in [0.29, 0.717) is 22.8 Å². The van der Waals surface area contributed by atoms with E-state index >= 15 is 0 Å². The zero-order valence-corrected chi connectivity index (χ0v) is 16.4. The first-order valence-electron chi connectivity index (χ1n) is 8.94. The van der Waals surface area contributed by atoms with Crippen LogP contribution in [0.5, 0.6) is 17.2 Å². The molecule has 0 unspecified atom stereocenters. The number of carbonyl (C=O) groups is 1. The summed E-state index contributed by atoms with van der Waals surface area (Å²) in [6.45, 7) is 0. The predicted octanol–water partition coefficient (Wildman–Crippen LogP) is 5.41. The van der Waals surface area contributed by atoms with Crippen LogP contribution < -0.4 is 14.2 Å². The minimum absolute atomic E-state index is 0.210. The molecule has 4 nitrogen and oxygen atoms in total. The molecule has 0 spiro atoms. The summed E-state index contributed by atoms with van der Waals surface area (Å²) in [5.41, 5.74) is 3.03. The number of halogens is 1. The standard InChI is InChI=1S/C24H21FO4/c1-27-22-14-18(15-23(28-2)24(22)29-3)21(26)13-10-16-6-4-5-7-20(16)17-8-11-19(25)12-9-17/h4-15H,1-3H3/b13-10+. The molecule has 0 aliphatic rings. The quantitative estimate of drug-likeness (QED) is 0.398. The molecule has 148 valence electrons. The molecule has 0 amide bonds. The molecule has 29 heavy (non-hydrogen) atoms. The Morgan fingerprint density at radius 2 is 1.48 bits per heavy atom. The van der Waals surface area contributed by atoms with Crippen LogP contribution in [0.1, 0.15) is 15.9 Å². The van der Waals surface area contributed by atoms with E-state index in [-0.39, 0.29) is 11.6 Å². The van der Waals surface area contributed by atoms with Gasteiger partial charge in [0.15, 0.2) is 17.3 Å². The van der Waals surface area contributed by atoms with Crippen LogP contribution in [0.15, 0.2) is 66.7 Å².